The molecule has 0 atom stereocenters. The van der Waals surface area contributed by atoms with Crippen molar-refractivity contribution in [1.82, 2.24) is 9.21 Å². The number of carbonyl (C=O) groups excluding carboxylic acids is 1. The number of likely N-dealkylation sites (tertiary alicyclic amines) is 1. The van der Waals surface area contributed by atoms with Gasteiger partial charge in [-0.25, -0.2) is 8.42 Å². The summed E-state index contributed by atoms with van der Waals surface area (Å²) < 4.78 is 27.7. The molecule has 5 nitrogen and oxygen atoms in total. The van der Waals surface area contributed by atoms with E-state index in [1.54, 1.807) is 29.5 Å². The number of rotatable bonds is 3. The average Bonchev–Trinajstić information content (AvgIpc) is 3.16. The summed E-state index contributed by atoms with van der Waals surface area (Å²) >= 11 is 1.68. The van der Waals surface area contributed by atoms with Crippen molar-refractivity contribution in [3.63, 3.8) is 0 Å². The minimum atomic E-state index is -3.60. The summed E-state index contributed by atoms with van der Waals surface area (Å²) in [6, 6.07) is 8.51. The topological polar surface area (TPSA) is 57.7 Å². The van der Waals surface area contributed by atoms with Crippen LogP contribution in [0.4, 0.5) is 0 Å². The highest BCUT2D eigenvalue weighted by Crippen LogP contribution is 2.28. The highest BCUT2D eigenvalue weighted by atomic mass is 32.2. The number of benzene rings is 1. The van der Waals surface area contributed by atoms with Crippen LogP contribution in [0.1, 0.15) is 40.1 Å². The molecular formula is C19H22N2O3S2. The fraction of sp³-hybridized carbons (Fsp3) is 0.421. The van der Waals surface area contributed by atoms with Crippen molar-refractivity contribution in [2.75, 3.05) is 19.6 Å². The number of sulfonamides is 1. The predicted octanol–water partition coefficient (Wildman–Crippen LogP) is 3.12. The summed E-state index contributed by atoms with van der Waals surface area (Å²) in [6.07, 6.45) is 3.93. The number of hydrogen-bond donors (Lipinski definition) is 0. The summed E-state index contributed by atoms with van der Waals surface area (Å²) in [5.74, 6) is -0.0690. The van der Waals surface area contributed by atoms with E-state index < -0.39 is 10.0 Å². The van der Waals surface area contributed by atoms with Crippen LogP contribution in [0.15, 0.2) is 40.6 Å². The largest absolute Gasteiger partial charge is 0.339 e. The number of fused-ring (bicyclic) bond motifs is 1. The Morgan fingerprint density at radius 3 is 2.65 bits per heavy atom. The molecule has 1 fully saturated rings. The Hall–Kier alpha value is -1.70. The number of hydrogen-bond acceptors (Lipinski definition) is 4. The molecule has 0 N–H and O–H groups in total. The second kappa shape index (κ2) is 7.13. The Balaban J connectivity index is 1.58. The molecule has 2 aliphatic heterocycles. The van der Waals surface area contributed by atoms with Crippen molar-refractivity contribution < 1.29 is 13.2 Å². The van der Waals surface area contributed by atoms with E-state index in [0.29, 0.717) is 18.7 Å². The fourth-order valence-corrected chi connectivity index (χ4v) is 6.00. The molecule has 4 rings (SSSR count). The first kappa shape index (κ1) is 17.7. The molecule has 3 heterocycles. The third kappa shape index (κ3) is 3.31. The molecule has 0 radical (unpaired) electrons. The van der Waals surface area contributed by atoms with E-state index in [1.165, 1.54) is 15.2 Å². The van der Waals surface area contributed by atoms with Gasteiger partial charge in [0.05, 0.1) is 4.90 Å². The summed E-state index contributed by atoms with van der Waals surface area (Å²) in [5.41, 5.74) is 1.55. The number of amides is 1. The maximum absolute atomic E-state index is 13.1. The van der Waals surface area contributed by atoms with Crippen LogP contribution in [0.3, 0.4) is 0 Å². The lowest BCUT2D eigenvalue weighted by Crippen LogP contribution is -2.36. The third-order valence-corrected chi connectivity index (χ3v) is 8.00. The SMILES string of the molecule is O=C(c1cccc(S(=O)(=O)N2CCc3sccc3C2)c1)N1CCCCC1. The molecule has 1 aromatic heterocycles. The molecule has 0 saturated carbocycles. The zero-order chi connectivity index (χ0) is 18.1. The maximum atomic E-state index is 13.1. The highest BCUT2D eigenvalue weighted by Gasteiger charge is 2.29. The Morgan fingerprint density at radius 2 is 1.85 bits per heavy atom. The van der Waals surface area contributed by atoms with Crippen molar-refractivity contribution in [1.29, 1.82) is 0 Å². The Morgan fingerprint density at radius 1 is 1.04 bits per heavy atom. The van der Waals surface area contributed by atoms with Crippen molar-refractivity contribution in [3.8, 4) is 0 Å². The zero-order valence-electron chi connectivity index (χ0n) is 14.6. The lowest BCUT2D eigenvalue weighted by atomic mass is 10.1. The van der Waals surface area contributed by atoms with Gasteiger partial charge in [-0.05, 0) is 60.9 Å². The van der Waals surface area contributed by atoms with Crippen molar-refractivity contribution in [3.05, 3.63) is 51.7 Å². The molecule has 2 aromatic rings. The van der Waals surface area contributed by atoms with E-state index >= 15 is 0 Å². The molecule has 1 amide bonds. The first-order valence-corrected chi connectivity index (χ1v) is 11.3. The Bertz CT molecular complexity index is 914. The average molecular weight is 391 g/mol. The first-order chi connectivity index (χ1) is 12.6. The van der Waals surface area contributed by atoms with Gasteiger partial charge in [0.25, 0.3) is 5.91 Å². The van der Waals surface area contributed by atoms with E-state index in [1.807, 2.05) is 16.3 Å². The van der Waals surface area contributed by atoms with E-state index in [9.17, 15) is 13.2 Å². The van der Waals surface area contributed by atoms with Crippen LogP contribution in [-0.2, 0) is 23.0 Å². The van der Waals surface area contributed by atoms with Crippen LogP contribution in [0.25, 0.3) is 0 Å². The van der Waals surface area contributed by atoms with Crippen LogP contribution >= 0.6 is 11.3 Å². The van der Waals surface area contributed by atoms with Crippen molar-refractivity contribution in [2.45, 2.75) is 37.1 Å². The molecule has 0 spiro atoms. The molecule has 26 heavy (non-hydrogen) atoms. The lowest BCUT2D eigenvalue weighted by molar-refractivity contribution is 0.0724. The summed E-state index contributed by atoms with van der Waals surface area (Å²) in [7, 11) is -3.60. The van der Waals surface area contributed by atoms with Gasteiger partial charge in [0.1, 0.15) is 0 Å². The minimum absolute atomic E-state index is 0.0690. The summed E-state index contributed by atoms with van der Waals surface area (Å²) in [5, 5.41) is 2.01. The monoisotopic (exact) mass is 390 g/mol. The van der Waals surface area contributed by atoms with Gasteiger partial charge in [0, 0.05) is 36.6 Å². The number of thiophene rings is 1. The smallest absolute Gasteiger partial charge is 0.253 e. The van der Waals surface area contributed by atoms with Crippen molar-refractivity contribution in [2.24, 2.45) is 0 Å². The second-order valence-electron chi connectivity index (χ2n) is 6.84. The Kier molecular flexibility index (Phi) is 4.86. The van der Waals surface area contributed by atoms with Crippen LogP contribution in [0.5, 0.6) is 0 Å². The summed E-state index contributed by atoms with van der Waals surface area (Å²) in [4.78, 5) is 16.0. The third-order valence-electron chi connectivity index (χ3n) is 5.13. The molecule has 1 aromatic carbocycles. The van der Waals surface area contributed by atoms with E-state index in [2.05, 4.69) is 0 Å². The fourth-order valence-electron chi connectivity index (χ4n) is 3.65. The molecule has 138 valence electrons. The molecule has 0 unspecified atom stereocenters. The molecule has 2 aliphatic rings. The highest BCUT2D eigenvalue weighted by molar-refractivity contribution is 7.89. The molecule has 0 aliphatic carbocycles. The van der Waals surface area contributed by atoms with Gasteiger partial charge in [-0.1, -0.05) is 6.07 Å². The van der Waals surface area contributed by atoms with E-state index in [0.717, 1.165) is 44.3 Å². The van der Waals surface area contributed by atoms with E-state index in [4.69, 9.17) is 0 Å². The first-order valence-electron chi connectivity index (χ1n) is 9.00. The zero-order valence-corrected chi connectivity index (χ0v) is 16.2. The number of piperidine rings is 1. The van der Waals surface area contributed by atoms with Crippen LogP contribution < -0.4 is 0 Å². The minimum Gasteiger partial charge on any atom is -0.339 e. The standard InChI is InChI=1S/C19H22N2O3S2/c22-19(20-9-2-1-3-10-20)15-5-4-6-17(13-15)26(23,24)21-11-7-18-16(14-21)8-12-25-18/h4-6,8,12-13H,1-3,7,9-11,14H2. The van der Waals surface area contributed by atoms with Gasteiger partial charge in [-0.15, -0.1) is 11.3 Å². The molecular weight excluding hydrogens is 368 g/mol. The lowest BCUT2D eigenvalue weighted by Gasteiger charge is -2.28. The molecule has 7 heteroatoms. The van der Waals surface area contributed by atoms with Crippen LogP contribution in [0.2, 0.25) is 0 Å². The van der Waals surface area contributed by atoms with E-state index in [-0.39, 0.29) is 10.8 Å². The van der Waals surface area contributed by atoms with Crippen molar-refractivity contribution >= 4 is 27.3 Å². The van der Waals surface area contributed by atoms with Gasteiger partial charge < -0.3 is 4.90 Å². The van der Waals surface area contributed by atoms with Gasteiger partial charge in [-0.3, -0.25) is 4.79 Å². The normalized spacial score (nSPS) is 18.5. The summed E-state index contributed by atoms with van der Waals surface area (Å²) in [6.45, 7) is 2.40. The van der Waals surface area contributed by atoms with Gasteiger partial charge in [0.15, 0.2) is 0 Å². The van der Waals surface area contributed by atoms with Crippen LogP contribution in [0, 0.1) is 0 Å². The quantitative estimate of drug-likeness (QED) is 0.809. The number of carbonyl (C=O) groups is 1. The molecule has 1 saturated heterocycles. The van der Waals surface area contributed by atoms with Crippen LogP contribution in [-0.4, -0.2) is 43.2 Å². The Labute approximate surface area is 158 Å². The molecule has 0 bridgehead atoms. The van der Waals surface area contributed by atoms with Gasteiger partial charge in [0.2, 0.25) is 10.0 Å². The van der Waals surface area contributed by atoms with Gasteiger partial charge in [-0.2, -0.15) is 4.31 Å². The number of nitrogens with zero attached hydrogens (tertiary/aromatic N) is 2. The second-order valence-corrected chi connectivity index (χ2v) is 9.78. The van der Waals surface area contributed by atoms with Gasteiger partial charge >= 0.3 is 0 Å². The maximum Gasteiger partial charge on any atom is 0.253 e. The predicted molar refractivity (Wildman–Crippen MR) is 102 cm³/mol.